The SMILES string of the molecule is COCO[C@@H](Cn1c(=O)c(-c2nc(CO[Si](C(C)C)(C(C)C)C(C)C)no2)nc2cc(C)c(C)cc21)[C@H](C)[C@@H](CO)OCOC. The fourth-order valence-electron chi connectivity index (χ4n) is 6.39. The van der Waals surface area contributed by atoms with Gasteiger partial charge in [0.15, 0.2) is 11.5 Å². The Bertz CT molecular complexity index is 1420. The summed E-state index contributed by atoms with van der Waals surface area (Å²) in [5, 5.41) is 14.2. The minimum Gasteiger partial charge on any atom is -0.408 e. The van der Waals surface area contributed by atoms with Crippen LogP contribution in [0.2, 0.25) is 16.6 Å². The van der Waals surface area contributed by atoms with Crippen LogP contribution < -0.4 is 5.56 Å². The summed E-state index contributed by atoms with van der Waals surface area (Å²) in [5.41, 5.74) is 4.08. The highest BCUT2D eigenvalue weighted by Crippen LogP contribution is 2.42. The van der Waals surface area contributed by atoms with Crippen LogP contribution in [0.3, 0.4) is 0 Å². The van der Waals surface area contributed by atoms with E-state index in [1.807, 2.05) is 32.9 Å². The third-order valence-corrected chi connectivity index (χ3v) is 15.0. The van der Waals surface area contributed by atoms with Crippen LogP contribution in [-0.4, -0.2) is 79.7 Å². The molecule has 252 valence electrons. The molecule has 2 heterocycles. The van der Waals surface area contributed by atoms with Crippen molar-refractivity contribution in [2.24, 2.45) is 5.92 Å². The van der Waals surface area contributed by atoms with E-state index in [1.165, 1.54) is 14.2 Å². The monoisotopic (exact) mass is 648 g/mol. The molecule has 2 aromatic heterocycles. The van der Waals surface area contributed by atoms with Crippen molar-refractivity contribution in [1.82, 2.24) is 19.7 Å². The van der Waals surface area contributed by atoms with Crippen molar-refractivity contribution in [3.63, 3.8) is 0 Å². The first-order valence-corrected chi connectivity index (χ1v) is 17.8. The lowest BCUT2D eigenvalue weighted by Gasteiger charge is -2.41. The van der Waals surface area contributed by atoms with Gasteiger partial charge in [-0.05, 0) is 53.7 Å². The van der Waals surface area contributed by atoms with Crippen molar-refractivity contribution in [2.45, 2.75) is 104 Å². The fraction of sp³-hybridized carbons (Fsp3) is 0.688. The summed E-state index contributed by atoms with van der Waals surface area (Å²) in [6.45, 7) is 19.2. The number of aliphatic hydroxyl groups excluding tert-OH is 1. The van der Waals surface area contributed by atoms with Crippen LogP contribution in [-0.2, 0) is 36.5 Å². The Morgan fingerprint density at radius 2 is 1.47 bits per heavy atom. The van der Waals surface area contributed by atoms with Gasteiger partial charge in [-0.25, -0.2) is 4.98 Å². The average Bonchev–Trinajstić information content (AvgIpc) is 3.46. The molecule has 0 saturated carbocycles. The van der Waals surface area contributed by atoms with Gasteiger partial charge in [0, 0.05) is 20.1 Å². The molecule has 1 N–H and O–H groups in total. The van der Waals surface area contributed by atoms with Crippen molar-refractivity contribution < 1.29 is 33.0 Å². The molecule has 0 bridgehead atoms. The van der Waals surface area contributed by atoms with Crippen molar-refractivity contribution in [3.8, 4) is 11.6 Å². The van der Waals surface area contributed by atoms with Gasteiger partial charge in [0.05, 0.1) is 43.0 Å². The Morgan fingerprint density at radius 3 is 2.02 bits per heavy atom. The van der Waals surface area contributed by atoms with Gasteiger partial charge in [-0.3, -0.25) is 4.79 Å². The van der Waals surface area contributed by atoms with Crippen LogP contribution in [0.5, 0.6) is 0 Å². The standard InChI is InChI=1S/C32H52N4O8Si/c1-19(2)45(20(3)4,21(5)6)43-16-29-34-31(44-35-29)30-32(38)36(26-13-23(8)22(7)12-25(26)33-30)14-27(41-17-39-10)24(9)28(15-37)42-18-40-11/h12-13,19-21,24,27-28,37H,14-18H2,1-11H3/t24-,27-,28+/m0/s1. The van der Waals surface area contributed by atoms with Crippen LogP contribution in [0.1, 0.15) is 65.4 Å². The molecule has 3 rings (SSSR count). The summed E-state index contributed by atoms with van der Waals surface area (Å²) in [7, 11) is 0.865. The van der Waals surface area contributed by atoms with E-state index >= 15 is 0 Å². The molecule has 0 radical (unpaired) electrons. The second-order valence-electron chi connectivity index (χ2n) is 12.7. The van der Waals surface area contributed by atoms with Crippen LogP contribution in [0.4, 0.5) is 0 Å². The van der Waals surface area contributed by atoms with E-state index in [0.717, 1.165) is 11.1 Å². The molecule has 13 heteroatoms. The molecule has 1 aromatic carbocycles. The lowest BCUT2D eigenvalue weighted by Crippen LogP contribution is -2.47. The Morgan fingerprint density at radius 1 is 0.889 bits per heavy atom. The highest BCUT2D eigenvalue weighted by atomic mass is 28.4. The lowest BCUT2D eigenvalue weighted by molar-refractivity contribution is -0.151. The molecule has 0 aliphatic rings. The fourth-order valence-corrected chi connectivity index (χ4v) is 11.8. The number of hydrogen-bond donors (Lipinski definition) is 1. The maximum absolute atomic E-state index is 14.2. The molecule has 0 spiro atoms. The molecule has 0 saturated heterocycles. The first kappa shape index (κ1) is 36.9. The number of hydrogen-bond acceptors (Lipinski definition) is 11. The third-order valence-electron chi connectivity index (χ3n) is 8.91. The van der Waals surface area contributed by atoms with E-state index in [0.29, 0.717) is 33.5 Å². The van der Waals surface area contributed by atoms with Crippen LogP contribution in [0.15, 0.2) is 21.5 Å². The molecule has 0 amide bonds. The van der Waals surface area contributed by atoms with Crippen LogP contribution in [0.25, 0.3) is 22.6 Å². The lowest BCUT2D eigenvalue weighted by atomic mass is 9.97. The second-order valence-corrected chi connectivity index (χ2v) is 18.1. The Balaban J connectivity index is 2.08. The number of ether oxygens (including phenoxy) is 4. The smallest absolute Gasteiger partial charge is 0.282 e. The van der Waals surface area contributed by atoms with Crippen molar-refractivity contribution in [3.05, 3.63) is 39.4 Å². The van der Waals surface area contributed by atoms with Gasteiger partial charge in [0.1, 0.15) is 13.6 Å². The van der Waals surface area contributed by atoms with E-state index in [2.05, 4.69) is 51.7 Å². The zero-order chi connectivity index (χ0) is 33.5. The summed E-state index contributed by atoms with van der Waals surface area (Å²) in [6.07, 6.45) is -1.18. The number of aromatic nitrogens is 4. The van der Waals surface area contributed by atoms with Crippen molar-refractivity contribution in [2.75, 3.05) is 34.4 Å². The van der Waals surface area contributed by atoms with Crippen molar-refractivity contribution >= 4 is 19.4 Å². The molecule has 0 fully saturated rings. The average molecular weight is 649 g/mol. The summed E-state index contributed by atoms with van der Waals surface area (Å²) in [6, 6.07) is 3.87. The molecule has 45 heavy (non-hydrogen) atoms. The number of rotatable bonds is 18. The summed E-state index contributed by atoms with van der Waals surface area (Å²) in [4.78, 5) is 23.5. The topological polar surface area (TPSA) is 140 Å². The van der Waals surface area contributed by atoms with Gasteiger partial charge >= 0.3 is 0 Å². The molecule has 0 unspecified atom stereocenters. The number of methoxy groups -OCH3 is 2. The molecular weight excluding hydrogens is 596 g/mol. The number of nitrogens with zero attached hydrogens (tertiary/aromatic N) is 4. The maximum Gasteiger partial charge on any atom is 0.282 e. The summed E-state index contributed by atoms with van der Waals surface area (Å²) >= 11 is 0. The predicted octanol–water partition coefficient (Wildman–Crippen LogP) is 5.36. The molecule has 3 aromatic rings. The normalized spacial score (nSPS) is 14.6. The van der Waals surface area contributed by atoms with E-state index in [1.54, 1.807) is 4.57 Å². The molecule has 12 nitrogen and oxygen atoms in total. The minimum atomic E-state index is -2.17. The van der Waals surface area contributed by atoms with Gasteiger partial charge in [-0.15, -0.1) is 0 Å². The van der Waals surface area contributed by atoms with Crippen LogP contribution >= 0.6 is 0 Å². The largest absolute Gasteiger partial charge is 0.408 e. The van der Waals surface area contributed by atoms with E-state index in [4.69, 9.17) is 32.9 Å². The quantitative estimate of drug-likeness (QED) is 0.141. The van der Waals surface area contributed by atoms with Gasteiger partial charge in [0.2, 0.25) is 8.32 Å². The van der Waals surface area contributed by atoms with Gasteiger partial charge in [0.25, 0.3) is 11.4 Å². The third kappa shape index (κ3) is 8.26. The van der Waals surface area contributed by atoms with Crippen molar-refractivity contribution in [1.29, 1.82) is 0 Å². The molecule has 3 atom stereocenters. The number of fused-ring (bicyclic) bond motifs is 1. The zero-order valence-electron chi connectivity index (χ0n) is 28.7. The number of aliphatic hydroxyl groups is 1. The summed E-state index contributed by atoms with van der Waals surface area (Å²) in [5.74, 6) is 0.0510. The Kier molecular flexibility index (Phi) is 13.4. The zero-order valence-corrected chi connectivity index (χ0v) is 29.7. The van der Waals surface area contributed by atoms with E-state index in [-0.39, 0.29) is 50.8 Å². The van der Waals surface area contributed by atoms with Gasteiger partial charge in [-0.1, -0.05) is 53.6 Å². The number of benzene rings is 1. The maximum atomic E-state index is 14.2. The predicted molar refractivity (Wildman–Crippen MR) is 174 cm³/mol. The first-order chi connectivity index (χ1) is 21.3. The minimum absolute atomic E-state index is 0.00560. The van der Waals surface area contributed by atoms with Gasteiger partial charge < -0.3 is 37.6 Å². The number of aryl methyl sites for hydroxylation is 2. The van der Waals surface area contributed by atoms with Crippen LogP contribution in [0, 0.1) is 19.8 Å². The summed E-state index contributed by atoms with van der Waals surface area (Å²) < 4.78 is 35.9. The van der Waals surface area contributed by atoms with E-state index in [9.17, 15) is 9.90 Å². The molecule has 0 aliphatic carbocycles. The molecule has 0 aliphatic heterocycles. The molecular formula is C32H52N4O8Si. The first-order valence-electron chi connectivity index (χ1n) is 15.6. The van der Waals surface area contributed by atoms with E-state index < -0.39 is 26.1 Å². The second kappa shape index (κ2) is 16.3. The Hall–Kier alpha value is -2.52. The highest BCUT2D eigenvalue weighted by molar-refractivity contribution is 6.77. The highest BCUT2D eigenvalue weighted by Gasteiger charge is 2.45. The van der Waals surface area contributed by atoms with Gasteiger partial charge in [-0.2, -0.15) is 4.98 Å². The Labute approximate surface area is 267 Å².